The Morgan fingerprint density at radius 3 is 2.00 bits per heavy atom. The van der Waals surface area contributed by atoms with Crippen LogP contribution in [0.4, 0.5) is 13.2 Å². The Hall–Kier alpha value is -0.210. The molecule has 11 heavy (non-hydrogen) atoms. The second kappa shape index (κ2) is 3.03. The van der Waals surface area contributed by atoms with Crippen molar-refractivity contribution in [1.82, 2.24) is 0 Å². The lowest BCUT2D eigenvalue weighted by Gasteiger charge is -2.30. The van der Waals surface area contributed by atoms with Gasteiger partial charge in [-0.25, -0.2) is 0 Å². The van der Waals surface area contributed by atoms with E-state index in [9.17, 15) is 13.2 Å². The Labute approximate surface area is 64.8 Å². The Kier molecular flexibility index (Phi) is 2.45. The summed E-state index contributed by atoms with van der Waals surface area (Å²) in [4.78, 5) is 0. The van der Waals surface area contributed by atoms with E-state index in [1.54, 1.807) is 6.92 Å². The molecule has 0 aromatic rings. The van der Waals surface area contributed by atoms with E-state index < -0.39 is 12.1 Å². The molecule has 0 N–H and O–H groups in total. The molecule has 0 aromatic carbocycles. The van der Waals surface area contributed by atoms with Crippen molar-refractivity contribution in [3.63, 3.8) is 0 Å². The second-order valence-electron chi connectivity index (χ2n) is 3.41. The Balaban J connectivity index is 2.55. The minimum atomic E-state index is -3.96. The molecular weight excluding hydrogens is 153 g/mol. The minimum Gasteiger partial charge on any atom is -0.171 e. The Bertz CT molecular complexity index is 128. The van der Waals surface area contributed by atoms with Gasteiger partial charge in [0, 0.05) is 0 Å². The molecule has 0 saturated heterocycles. The Morgan fingerprint density at radius 2 is 1.64 bits per heavy atom. The van der Waals surface area contributed by atoms with Gasteiger partial charge >= 0.3 is 6.18 Å². The smallest absolute Gasteiger partial charge is 0.171 e. The zero-order chi connectivity index (χ0) is 8.48. The van der Waals surface area contributed by atoms with Crippen molar-refractivity contribution in [2.45, 2.75) is 38.8 Å². The summed E-state index contributed by atoms with van der Waals surface area (Å²) < 4.78 is 36.6. The molecule has 1 saturated carbocycles. The molecule has 66 valence electrons. The SMILES string of the molecule is C[C@H]1CCCC[C@H]1C(F)(F)F. The van der Waals surface area contributed by atoms with E-state index in [4.69, 9.17) is 0 Å². The van der Waals surface area contributed by atoms with Crippen LogP contribution in [-0.4, -0.2) is 6.18 Å². The first-order valence-corrected chi connectivity index (χ1v) is 4.08. The van der Waals surface area contributed by atoms with Gasteiger partial charge in [-0.15, -0.1) is 0 Å². The van der Waals surface area contributed by atoms with E-state index in [0.29, 0.717) is 6.42 Å². The van der Waals surface area contributed by atoms with E-state index in [0.717, 1.165) is 19.3 Å². The summed E-state index contributed by atoms with van der Waals surface area (Å²) in [6.07, 6.45) is -1.17. The predicted molar refractivity (Wildman–Crippen MR) is 37.2 cm³/mol. The molecule has 0 spiro atoms. The normalized spacial score (nSPS) is 33.8. The first-order valence-electron chi connectivity index (χ1n) is 4.08. The summed E-state index contributed by atoms with van der Waals surface area (Å²) in [6, 6.07) is 0. The van der Waals surface area contributed by atoms with Gasteiger partial charge in [-0.3, -0.25) is 0 Å². The van der Waals surface area contributed by atoms with Gasteiger partial charge in [-0.2, -0.15) is 13.2 Å². The maximum absolute atomic E-state index is 12.2. The third-order valence-corrected chi connectivity index (χ3v) is 2.53. The van der Waals surface area contributed by atoms with Gasteiger partial charge in [0.15, 0.2) is 0 Å². The summed E-state index contributed by atoms with van der Waals surface area (Å²) in [5.74, 6) is -1.19. The van der Waals surface area contributed by atoms with Crippen LogP contribution in [0.15, 0.2) is 0 Å². The lowest BCUT2D eigenvalue weighted by Crippen LogP contribution is -2.31. The topological polar surface area (TPSA) is 0 Å². The molecule has 0 aromatic heterocycles. The number of hydrogen-bond donors (Lipinski definition) is 0. The van der Waals surface area contributed by atoms with Crippen LogP contribution in [0.5, 0.6) is 0 Å². The fourth-order valence-electron chi connectivity index (χ4n) is 1.80. The summed E-state index contributed by atoms with van der Waals surface area (Å²) in [7, 11) is 0. The molecule has 0 radical (unpaired) electrons. The highest BCUT2D eigenvalue weighted by Gasteiger charge is 2.43. The zero-order valence-corrected chi connectivity index (χ0v) is 6.62. The molecule has 1 aliphatic carbocycles. The van der Waals surface area contributed by atoms with Crippen molar-refractivity contribution in [3.8, 4) is 0 Å². The van der Waals surface area contributed by atoms with Crippen molar-refractivity contribution in [2.24, 2.45) is 11.8 Å². The number of rotatable bonds is 0. The predicted octanol–water partition coefficient (Wildman–Crippen LogP) is 3.38. The lowest BCUT2D eigenvalue weighted by molar-refractivity contribution is -0.194. The molecule has 1 rings (SSSR count). The number of hydrogen-bond acceptors (Lipinski definition) is 0. The highest BCUT2D eigenvalue weighted by Crippen LogP contribution is 2.40. The average Bonchev–Trinajstić information content (AvgIpc) is 1.86. The van der Waals surface area contributed by atoms with Gasteiger partial charge in [0.05, 0.1) is 5.92 Å². The van der Waals surface area contributed by atoms with Gasteiger partial charge < -0.3 is 0 Å². The van der Waals surface area contributed by atoms with Crippen LogP contribution >= 0.6 is 0 Å². The molecule has 0 amide bonds. The first-order chi connectivity index (χ1) is 5.02. The highest BCUT2D eigenvalue weighted by molar-refractivity contribution is 4.77. The molecule has 2 atom stereocenters. The second-order valence-corrected chi connectivity index (χ2v) is 3.41. The fraction of sp³-hybridized carbons (Fsp3) is 1.00. The lowest BCUT2D eigenvalue weighted by atomic mass is 9.80. The van der Waals surface area contributed by atoms with Gasteiger partial charge in [0.2, 0.25) is 0 Å². The number of halogens is 3. The largest absolute Gasteiger partial charge is 0.392 e. The van der Waals surface area contributed by atoms with Crippen molar-refractivity contribution >= 4 is 0 Å². The Morgan fingerprint density at radius 1 is 1.09 bits per heavy atom. The highest BCUT2D eigenvalue weighted by atomic mass is 19.4. The van der Waals surface area contributed by atoms with E-state index in [1.807, 2.05) is 0 Å². The van der Waals surface area contributed by atoms with Crippen molar-refractivity contribution in [1.29, 1.82) is 0 Å². The third kappa shape index (κ3) is 2.11. The standard InChI is InChI=1S/C8H13F3/c1-6-4-2-3-5-7(6)8(9,10)11/h6-7H,2-5H2,1H3/t6-,7+/m0/s1. The summed E-state index contributed by atoms with van der Waals surface area (Å²) >= 11 is 0. The van der Waals surface area contributed by atoms with Crippen LogP contribution in [0.25, 0.3) is 0 Å². The van der Waals surface area contributed by atoms with Crippen molar-refractivity contribution in [2.75, 3.05) is 0 Å². The van der Waals surface area contributed by atoms with Gasteiger partial charge in [0.1, 0.15) is 0 Å². The molecule has 0 unspecified atom stereocenters. The van der Waals surface area contributed by atoms with Crippen LogP contribution in [0, 0.1) is 11.8 Å². The molecule has 0 heterocycles. The maximum atomic E-state index is 12.2. The van der Waals surface area contributed by atoms with Crippen LogP contribution in [-0.2, 0) is 0 Å². The van der Waals surface area contributed by atoms with Crippen LogP contribution in [0.3, 0.4) is 0 Å². The summed E-state index contributed by atoms with van der Waals surface area (Å²) in [5.41, 5.74) is 0. The number of alkyl halides is 3. The summed E-state index contributed by atoms with van der Waals surface area (Å²) in [6.45, 7) is 1.71. The molecule has 0 aliphatic heterocycles. The van der Waals surface area contributed by atoms with Crippen molar-refractivity contribution < 1.29 is 13.2 Å². The van der Waals surface area contributed by atoms with E-state index >= 15 is 0 Å². The third-order valence-electron chi connectivity index (χ3n) is 2.53. The summed E-state index contributed by atoms with van der Waals surface area (Å²) in [5, 5.41) is 0. The van der Waals surface area contributed by atoms with Crippen LogP contribution in [0.1, 0.15) is 32.6 Å². The molecule has 0 bridgehead atoms. The molecular formula is C8H13F3. The first kappa shape index (κ1) is 8.88. The average molecular weight is 166 g/mol. The maximum Gasteiger partial charge on any atom is 0.392 e. The van der Waals surface area contributed by atoms with Gasteiger partial charge in [-0.1, -0.05) is 26.2 Å². The quantitative estimate of drug-likeness (QED) is 0.517. The molecule has 1 aliphatic rings. The monoisotopic (exact) mass is 166 g/mol. The van der Waals surface area contributed by atoms with Gasteiger partial charge in [-0.05, 0) is 12.3 Å². The zero-order valence-electron chi connectivity index (χ0n) is 6.62. The van der Waals surface area contributed by atoms with E-state index in [2.05, 4.69) is 0 Å². The van der Waals surface area contributed by atoms with Crippen LogP contribution < -0.4 is 0 Å². The van der Waals surface area contributed by atoms with Crippen LogP contribution in [0.2, 0.25) is 0 Å². The van der Waals surface area contributed by atoms with Gasteiger partial charge in [0.25, 0.3) is 0 Å². The van der Waals surface area contributed by atoms with Crippen molar-refractivity contribution in [3.05, 3.63) is 0 Å². The van der Waals surface area contributed by atoms with E-state index in [-0.39, 0.29) is 5.92 Å². The molecule has 0 nitrogen and oxygen atoms in total. The minimum absolute atomic E-state index is 0.163. The van der Waals surface area contributed by atoms with E-state index in [1.165, 1.54) is 0 Å². The molecule has 1 fully saturated rings. The fourth-order valence-corrected chi connectivity index (χ4v) is 1.80. The molecule has 3 heteroatoms.